The van der Waals surface area contributed by atoms with Gasteiger partial charge >= 0.3 is 0 Å². The lowest BCUT2D eigenvalue weighted by Gasteiger charge is -2.12. The molecule has 0 saturated carbocycles. The van der Waals surface area contributed by atoms with Crippen molar-refractivity contribution in [1.29, 1.82) is 0 Å². The second-order valence-electron chi connectivity index (χ2n) is 4.23. The first-order valence-electron chi connectivity index (χ1n) is 6.21. The first kappa shape index (κ1) is 18.4. The molecule has 0 aliphatic rings. The summed E-state index contributed by atoms with van der Waals surface area (Å²) < 4.78 is 28.9. The summed E-state index contributed by atoms with van der Waals surface area (Å²) >= 11 is 10.1. The van der Waals surface area contributed by atoms with E-state index >= 15 is 0 Å². The predicted octanol–water partition coefficient (Wildman–Crippen LogP) is 4.11. The SMILES string of the molecule is CCNCCCCS(=O)(=O)Nc1c(Br)cc(Br)cc1Br. The minimum absolute atomic E-state index is 0.118. The van der Waals surface area contributed by atoms with Gasteiger partial charge in [0.05, 0.1) is 11.4 Å². The normalized spacial score (nSPS) is 11.6. The molecule has 0 spiro atoms. The molecule has 0 amide bonds. The Morgan fingerprint density at radius 3 is 2.25 bits per heavy atom. The van der Waals surface area contributed by atoms with E-state index in [0.29, 0.717) is 21.1 Å². The molecule has 8 heteroatoms. The van der Waals surface area contributed by atoms with Crippen molar-refractivity contribution < 1.29 is 8.42 Å². The highest BCUT2D eigenvalue weighted by Gasteiger charge is 2.15. The Bertz CT molecular complexity index is 527. The van der Waals surface area contributed by atoms with E-state index in [0.717, 1.165) is 24.0 Å². The zero-order valence-corrected chi connectivity index (χ0v) is 16.6. The van der Waals surface area contributed by atoms with E-state index < -0.39 is 10.0 Å². The average Bonchev–Trinajstić information content (AvgIpc) is 2.33. The smallest absolute Gasteiger partial charge is 0.232 e. The molecule has 0 unspecified atom stereocenters. The third kappa shape index (κ3) is 6.43. The molecule has 4 nitrogen and oxygen atoms in total. The van der Waals surface area contributed by atoms with Crippen molar-refractivity contribution in [3.05, 3.63) is 25.6 Å². The molecule has 20 heavy (non-hydrogen) atoms. The van der Waals surface area contributed by atoms with Gasteiger partial charge in [-0.15, -0.1) is 0 Å². The minimum Gasteiger partial charge on any atom is -0.317 e. The summed E-state index contributed by atoms with van der Waals surface area (Å²) in [7, 11) is -3.33. The number of nitrogens with one attached hydrogen (secondary N) is 2. The van der Waals surface area contributed by atoms with Crippen LogP contribution in [0.4, 0.5) is 5.69 Å². The summed E-state index contributed by atoms with van der Waals surface area (Å²) in [5.74, 6) is 0.118. The lowest BCUT2D eigenvalue weighted by atomic mass is 10.3. The molecule has 0 aliphatic heterocycles. The second-order valence-corrected chi connectivity index (χ2v) is 8.69. The number of anilines is 1. The van der Waals surface area contributed by atoms with Crippen LogP contribution < -0.4 is 10.0 Å². The number of sulfonamides is 1. The van der Waals surface area contributed by atoms with Gasteiger partial charge in [0.25, 0.3) is 0 Å². The van der Waals surface area contributed by atoms with E-state index in [-0.39, 0.29) is 5.75 Å². The summed E-state index contributed by atoms with van der Waals surface area (Å²) in [5, 5.41) is 3.17. The van der Waals surface area contributed by atoms with Crippen LogP contribution in [0.25, 0.3) is 0 Å². The molecule has 1 aromatic carbocycles. The van der Waals surface area contributed by atoms with Crippen molar-refractivity contribution in [3.63, 3.8) is 0 Å². The zero-order chi connectivity index (χ0) is 15.2. The maximum absolute atomic E-state index is 12.0. The number of benzene rings is 1. The molecule has 2 N–H and O–H groups in total. The molecule has 0 atom stereocenters. The van der Waals surface area contributed by atoms with Gasteiger partial charge in [-0.05, 0) is 69.9 Å². The van der Waals surface area contributed by atoms with Gasteiger partial charge < -0.3 is 5.32 Å². The summed E-state index contributed by atoms with van der Waals surface area (Å²) in [6.45, 7) is 3.78. The van der Waals surface area contributed by atoms with Crippen LogP contribution in [-0.2, 0) is 10.0 Å². The third-order valence-corrected chi connectivity index (χ3v) is 5.58. The highest BCUT2D eigenvalue weighted by molar-refractivity contribution is 9.11. The molecule has 0 fully saturated rings. The molecule has 0 heterocycles. The molecule has 1 aromatic rings. The van der Waals surface area contributed by atoms with Gasteiger partial charge in [0.2, 0.25) is 10.0 Å². The van der Waals surface area contributed by atoms with Crippen molar-refractivity contribution in [2.75, 3.05) is 23.6 Å². The topological polar surface area (TPSA) is 58.2 Å². The van der Waals surface area contributed by atoms with Gasteiger partial charge in [0, 0.05) is 13.4 Å². The van der Waals surface area contributed by atoms with Gasteiger partial charge in [-0.25, -0.2) is 8.42 Å². The molecular formula is C12H17Br3N2O2S. The number of hydrogen-bond donors (Lipinski definition) is 2. The van der Waals surface area contributed by atoms with Gasteiger partial charge in [-0.1, -0.05) is 22.9 Å². The largest absolute Gasteiger partial charge is 0.317 e. The molecule has 0 radical (unpaired) electrons. The van der Waals surface area contributed by atoms with Crippen molar-refractivity contribution in [2.24, 2.45) is 0 Å². The first-order chi connectivity index (χ1) is 9.35. The number of rotatable bonds is 8. The van der Waals surface area contributed by atoms with Gasteiger partial charge in [-0.2, -0.15) is 0 Å². The summed E-state index contributed by atoms with van der Waals surface area (Å²) in [5.41, 5.74) is 0.528. The fourth-order valence-corrected chi connectivity index (χ4v) is 5.50. The van der Waals surface area contributed by atoms with Crippen molar-refractivity contribution in [1.82, 2.24) is 5.32 Å². The van der Waals surface area contributed by atoms with Crippen LogP contribution in [-0.4, -0.2) is 27.3 Å². The van der Waals surface area contributed by atoms with Crippen LogP contribution in [0.1, 0.15) is 19.8 Å². The van der Waals surface area contributed by atoms with E-state index in [1.54, 1.807) is 12.1 Å². The molecule has 114 valence electrons. The third-order valence-electron chi connectivity index (χ3n) is 2.53. The van der Waals surface area contributed by atoms with Crippen LogP contribution in [0.2, 0.25) is 0 Å². The lowest BCUT2D eigenvalue weighted by Crippen LogP contribution is -2.19. The maximum Gasteiger partial charge on any atom is 0.232 e. The zero-order valence-electron chi connectivity index (χ0n) is 11.0. The van der Waals surface area contributed by atoms with Gasteiger partial charge in [0.1, 0.15) is 0 Å². The summed E-state index contributed by atoms with van der Waals surface area (Å²) in [6, 6.07) is 3.60. The number of hydrogen-bond acceptors (Lipinski definition) is 3. The van der Waals surface area contributed by atoms with Gasteiger partial charge in [0.15, 0.2) is 0 Å². The van der Waals surface area contributed by atoms with E-state index in [9.17, 15) is 8.42 Å². The maximum atomic E-state index is 12.0. The van der Waals surface area contributed by atoms with Crippen LogP contribution in [0.15, 0.2) is 25.6 Å². The molecule has 1 rings (SSSR count). The second kappa shape index (κ2) is 8.73. The Hall–Kier alpha value is 0.370. The lowest BCUT2D eigenvalue weighted by molar-refractivity contribution is 0.593. The monoisotopic (exact) mass is 490 g/mol. The number of unbranched alkanes of at least 4 members (excludes halogenated alkanes) is 1. The molecular weight excluding hydrogens is 476 g/mol. The molecule has 0 aromatic heterocycles. The summed E-state index contributed by atoms with van der Waals surface area (Å²) in [4.78, 5) is 0. The van der Waals surface area contributed by atoms with Gasteiger partial charge in [-0.3, -0.25) is 4.72 Å². The van der Waals surface area contributed by atoms with E-state index in [4.69, 9.17) is 0 Å². The quantitative estimate of drug-likeness (QED) is 0.537. The minimum atomic E-state index is -3.33. The molecule has 0 saturated heterocycles. The van der Waals surface area contributed by atoms with E-state index in [1.807, 2.05) is 6.92 Å². The van der Waals surface area contributed by atoms with Crippen molar-refractivity contribution >= 4 is 63.5 Å². The molecule has 0 aliphatic carbocycles. The Morgan fingerprint density at radius 2 is 1.70 bits per heavy atom. The van der Waals surface area contributed by atoms with Crippen LogP contribution >= 0.6 is 47.8 Å². The Labute approximate surface area is 145 Å². The standard InChI is InChI=1S/C12H17Br3N2O2S/c1-2-16-5-3-4-6-20(18,19)17-12-10(14)7-9(13)8-11(12)15/h7-8,16-17H,2-6H2,1H3. The number of halogens is 3. The van der Waals surface area contributed by atoms with Crippen LogP contribution in [0.3, 0.4) is 0 Å². The molecule has 0 bridgehead atoms. The van der Waals surface area contributed by atoms with Crippen LogP contribution in [0, 0.1) is 0 Å². The highest BCUT2D eigenvalue weighted by Crippen LogP contribution is 2.35. The van der Waals surface area contributed by atoms with E-state index in [2.05, 4.69) is 57.8 Å². The Kier molecular flexibility index (Phi) is 8.04. The predicted molar refractivity (Wildman–Crippen MR) is 94.7 cm³/mol. The highest BCUT2D eigenvalue weighted by atomic mass is 79.9. The fraction of sp³-hybridized carbons (Fsp3) is 0.500. The Morgan fingerprint density at radius 1 is 1.10 bits per heavy atom. The summed E-state index contributed by atoms with van der Waals surface area (Å²) in [6.07, 6.45) is 1.48. The van der Waals surface area contributed by atoms with Crippen LogP contribution in [0.5, 0.6) is 0 Å². The Balaban J connectivity index is 2.63. The first-order valence-corrected chi connectivity index (χ1v) is 10.2. The van der Waals surface area contributed by atoms with E-state index in [1.165, 1.54) is 0 Å². The van der Waals surface area contributed by atoms with Crippen molar-refractivity contribution in [3.8, 4) is 0 Å². The average molecular weight is 493 g/mol. The van der Waals surface area contributed by atoms with Crippen molar-refractivity contribution in [2.45, 2.75) is 19.8 Å². The fourth-order valence-electron chi connectivity index (χ4n) is 1.57.